The van der Waals surface area contributed by atoms with Crippen molar-refractivity contribution < 1.29 is 47.6 Å². The molecule has 3 heterocycles. The van der Waals surface area contributed by atoms with Gasteiger partial charge in [0.15, 0.2) is 39.5 Å². The molecule has 1 atom stereocenters. The normalized spacial score (nSPS) is 14.9. The fourth-order valence-corrected chi connectivity index (χ4v) is 5.83. The molecule has 5 rings (SSSR count). The Balaban J connectivity index is 1.73. The van der Waals surface area contributed by atoms with Crippen LogP contribution < -0.4 is 23.8 Å². The first-order valence-corrected chi connectivity index (χ1v) is 13.2. The van der Waals surface area contributed by atoms with Gasteiger partial charge in [-0.3, -0.25) is 14.5 Å². The highest BCUT2D eigenvalue weighted by atomic mass is 32.1. The van der Waals surface area contributed by atoms with E-state index in [1.165, 1.54) is 41.6 Å². The zero-order valence-corrected chi connectivity index (χ0v) is 24.3. The van der Waals surface area contributed by atoms with E-state index in [4.69, 9.17) is 28.1 Å². The fraction of sp³-hybridized carbons (Fsp3) is 0.241. The van der Waals surface area contributed by atoms with Crippen molar-refractivity contribution in [1.29, 1.82) is 0 Å². The molecule has 218 valence electrons. The number of aromatic nitrogens is 1. The lowest BCUT2D eigenvalue weighted by Crippen LogP contribution is -2.31. The molecule has 2 aromatic carbocycles. The van der Waals surface area contributed by atoms with Gasteiger partial charge in [-0.15, -0.1) is 0 Å². The summed E-state index contributed by atoms with van der Waals surface area (Å²) in [6, 6.07) is 8.54. The molecule has 1 aliphatic heterocycles. The van der Waals surface area contributed by atoms with E-state index in [1.807, 2.05) is 0 Å². The molecule has 1 aliphatic rings. The third-order valence-electron chi connectivity index (χ3n) is 6.77. The largest absolute Gasteiger partial charge is 0.503 e. The minimum atomic E-state index is -1.23. The number of carbonyl (C=O) groups is 3. The van der Waals surface area contributed by atoms with Crippen LogP contribution >= 0.6 is 11.3 Å². The number of anilines is 1. The average molecular weight is 595 g/mol. The summed E-state index contributed by atoms with van der Waals surface area (Å²) in [4.78, 5) is 45.8. The van der Waals surface area contributed by atoms with Gasteiger partial charge in [0, 0.05) is 5.39 Å². The number of Topliss-reactive ketones (excluding diaryl/α,β-unsaturated/α-hetero) is 1. The molecule has 42 heavy (non-hydrogen) atoms. The zero-order chi connectivity index (χ0) is 30.3. The van der Waals surface area contributed by atoms with E-state index >= 15 is 0 Å². The molecule has 0 fully saturated rings. The van der Waals surface area contributed by atoms with E-state index in [0.717, 1.165) is 16.2 Å². The Bertz CT molecular complexity index is 1740. The van der Waals surface area contributed by atoms with Gasteiger partial charge in [-0.2, -0.15) is 0 Å². The van der Waals surface area contributed by atoms with Crippen molar-refractivity contribution in [1.82, 2.24) is 4.98 Å². The summed E-state index contributed by atoms with van der Waals surface area (Å²) >= 11 is 0.883. The fourth-order valence-electron chi connectivity index (χ4n) is 4.82. The molecule has 0 aliphatic carbocycles. The number of esters is 1. The highest BCUT2D eigenvalue weighted by Gasteiger charge is 2.47. The Labute approximate surface area is 243 Å². The van der Waals surface area contributed by atoms with Gasteiger partial charge in [0.05, 0.1) is 52.9 Å². The molecular weight excluding hydrogens is 568 g/mol. The summed E-state index contributed by atoms with van der Waals surface area (Å²) in [7, 11) is 6.99. The molecule has 0 saturated carbocycles. The second kappa shape index (κ2) is 11.1. The monoisotopic (exact) mass is 594 g/mol. The van der Waals surface area contributed by atoms with Crippen LogP contribution in [0.3, 0.4) is 0 Å². The Morgan fingerprint density at radius 1 is 0.976 bits per heavy atom. The number of aliphatic hydroxyl groups excluding tert-OH is 1. The van der Waals surface area contributed by atoms with Gasteiger partial charge in [-0.05, 0) is 36.8 Å². The SMILES string of the molecule is COC(=O)c1sc(N2C(=O)C(O)=C(C(=O)c3cc4cccc(OC)c4o3)C2c2cc(OC)c(OC)c(OC)c2)nc1C. The number of ether oxygens (including phenoxy) is 5. The maximum atomic E-state index is 14.1. The summed E-state index contributed by atoms with van der Waals surface area (Å²) in [5, 5.41) is 11.9. The van der Waals surface area contributed by atoms with Crippen LogP contribution in [0.5, 0.6) is 23.0 Å². The van der Waals surface area contributed by atoms with Crippen molar-refractivity contribution >= 4 is 45.1 Å². The maximum Gasteiger partial charge on any atom is 0.350 e. The molecule has 0 bridgehead atoms. The summed E-state index contributed by atoms with van der Waals surface area (Å²) in [5.41, 5.74) is 0.681. The van der Waals surface area contributed by atoms with Gasteiger partial charge >= 0.3 is 5.97 Å². The standard InChI is InChI=1S/C29H26N2O10S/c1-13-26(28(35)40-6)42-29(30-13)31-21(15-11-18(37-3)25(39-5)19(12-15)38-4)20(23(33)27(31)34)22(32)17-10-14-8-7-9-16(36-2)24(14)41-17/h7-12,21,33H,1-6H3. The Morgan fingerprint density at radius 2 is 1.64 bits per heavy atom. The van der Waals surface area contributed by atoms with E-state index < -0.39 is 29.5 Å². The Hall–Kier alpha value is -5.04. The number of rotatable bonds is 9. The van der Waals surface area contributed by atoms with Crippen molar-refractivity contribution in [3.8, 4) is 23.0 Å². The number of aliphatic hydroxyl groups is 1. The van der Waals surface area contributed by atoms with E-state index in [9.17, 15) is 19.5 Å². The van der Waals surface area contributed by atoms with Crippen LogP contribution in [-0.2, 0) is 9.53 Å². The third kappa shape index (κ3) is 4.47. The topological polar surface area (TPSA) is 147 Å². The maximum absolute atomic E-state index is 14.1. The lowest BCUT2D eigenvalue weighted by Gasteiger charge is -2.25. The van der Waals surface area contributed by atoms with Crippen LogP contribution in [0.2, 0.25) is 0 Å². The van der Waals surface area contributed by atoms with Crippen molar-refractivity contribution in [2.24, 2.45) is 0 Å². The lowest BCUT2D eigenvalue weighted by molar-refractivity contribution is -0.117. The van der Waals surface area contributed by atoms with E-state index in [-0.39, 0.29) is 38.6 Å². The molecule has 2 aromatic heterocycles. The van der Waals surface area contributed by atoms with E-state index in [0.29, 0.717) is 28.0 Å². The highest BCUT2D eigenvalue weighted by Crippen LogP contribution is 2.48. The second-order valence-corrected chi connectivity index (χ2v) is 10.00. The van der Waals surface area contributed by atoms with Gasteiger partial charge in [0.2, 0.25) is 11.5 Å². The van der Waals surface area contributed by atoms with Crippen molar-refractivity contribution in [2.75, 3.05) is 40.4 Å². The molecule has 1 unspecified atom stereocenters. The minimum Gasteiger partial charge on any atom is -0.503 e. The molecule has 0 radical (unpaired) electrons. The van der Waals surface area contributed by atoms with Crippen LogP contribution in [0.1, 0.15) is 37.5 Å². The third-order valence-corrected chi connectivity index (χ3v) is 7.91. The highest BCUT2D eigenvalue weighted by molar-refractivity contribution is 7.17. The summed E-state index contributed by atoms with van der Waals surface area (Å²) in [6.45, 7) is 1.59. The molecule has 12 nitrogen and oxygen atoms in total. The molecule has 0 spiro atoms. The first-order valence-electron chi connectivity index (χ1n) is 12.4. The van der Waals surface area contributed by atoms with Gasteiger partial charge in [0.1, 0.15) is 4.88 Å². The average Bonchev–Trinajstić information content (AvgIpc) is 3.69. The van der Waals surface area contributed by atoms with Crippen LogP contribution in [0, 0.1) is 6.92 Å². The number of amides is 1. The van der Waals surface area contributed by atoms with Crippen LogP contribution in [-0.4, -0.2) is 63.3 Å². The van der Waals surface area contributed by atoms with Crippen molar-refractivity contribution in [2.45, 2.75) is 13.0 Å². The number of benzene rings is 2. The number of aryl methyl sites for hydroxylation is 1. The molecule has 1 amide bonds. The van der Waals surface area contributed by atoms with Crippen LogP contribution in [0.15, 0.2) is 52.1 Å². The number of furan rings is 1. The summed E-state index contributed by atoms with van der Waals surface area (Å²) in [5.74, 6) is -2.05. The lowest BCUT2D eigenvalue weighted by atomic mass is 9.94. The molecule has 13 heteroatoms. The van der Waals surface area contributed by atoms with Gasteiger partial charge < -0.3 is 33.2 Å². The number of fused-ring (bicyclic) bond motifs is 1. The Kier molecular flexibility index (Phi) is 7.52. The number of methoxy groups -OCH3 is 5. The zero-order valence-electron chi connectivity index (χ0n) is 23.5. The summed E-state index contributed by atoms with van der Waals surface area (Å²) < 4.78 is 32.5. The summed E-state index contributed by atoms with van der Waals surface area (Å²) in [6.07, 6.45) is 0. The Morgan fingerprint density at radius 3 is 2.24 bits per heavy atom. The predicted molar refractivity (Wildman–Crippen MR) is 151 cm³/mol. The number of hydrogen-bond donors (Lipinski definition) is 1. The van der Waals surface area contributed by atoms with Crippen LogP contribution in [0.25, 0.3) is 11.0 Å². The van der Waals surface area contributed by atoms with Gasteiger partial charge in [-0.25, -0.2) is 9.78 Å². The number of carbonyl (C=O) groups excluding carboxylic acids is 3. The number of ketones is 1. The van der Waals surface area contributed by atoms with E-state index in [1.54, 1.807) is 37.3 Å². The van der Waals surface area contributed by atoms with E-state index in [2.05, 4.69) is 4.98 Å². The first kappa shape index (κ1) is 28.5. The van der Waals surface area contributed by atoms with Crippen LogP contribution in [0.4, 0.5) is 5.13 Å². The van der Waals surface area contributed by atoms with Crippen molar-refractivity contribution in [3.63, 3.8) is 0 Å². The predicted octanol–water partition coefficient (Wildman–Crippen LogP) is 4.80. The number of para-hydroxylation sites is 1. The van der Waals surface area contributed by atoms with Crippen molar-refractivity contribution in [3.05, 3.63) is 69.6 Å². The molecule has 4 aromatic rings. The molecule has 0 saturated heterocycles. The quantitative estimate of drug-likeness (QED) is 0.210. The number of thiazole rings is 1. The molecular formula is C29H26N2O10S. The number of hydrogen-bond acceptors (Lipinski definition) is 12. The molecule has 1 N–H and O–H groups in total. The number of nitrogens with zero attached hydrogens (tertiary/aromatic N) is 2. The van der Waals surface area contributed by atoms with Gasteiger partial charge in [-0.1, -0.05) is 23.5 Å². The minimum absolute atomic E-state index is 0.0530. The van der Waals surface area contributed by atoms with Gasteiger partial charge in [0.25, 0.3) is 5.91 Å². The smallest absolute Gasteiger partial charge is 0.350 e. The first-order chi connectivity index (χ1) is 20.2. The second-order valence-electron chi connectivity index (χ2n) is 9.02.